The van der Waals surface area contributed by atoms with Crippen molar-refractivity contribution in [2.24, 2.45) is 0 Å². The summed E-state index contributed by atoms with van der Waals surface area (Å²) in [4.78, 5) is 0. The molecule has 2 unspecified atom stereocenters. The lowest BCUT2D eigenvalue weighted by Gasteiger charge is -2.15. The maximum Gasteiger partial charge on any atom is 0.147 e. The van der Waals surface area contributed by atoms with E-state index in [1.54, 1.807) is 0 Å². The van der Waals surface area contributed by atoms with Gasteiger partial charge >= 0.3 is 0 Å². The Morgan fingerprint density at radius 3 is 2.89 bits per heavy atom. The lowest BCUT2D eigenvalue weighted by Crippen LogP contribution is -2.29. The van der Waals surface area contributed by atoms with Gasteiger partial charge in [0.1, 0.15) is 11.6 Å². The number of hydrogen-bond donors (Lipinski definition) is 1. The highest BCUT2D eigenvalue weighted by Crippen LogP contribution is 2.54. The van der Waals surface area contributed by atoms with E-state index in [4.69, 9.17) is 0 Å². The van der Waals surface area contributed by atoms with Gasteiger partial charge in [-0.3, -0.25) is 0 Å². The maximum atomic E-state index is 4.41. The normalized spacial score (nSPS) is 25.8. The molecule has 4 rings (SSSR count). The van der Waals surface area contributed by atoms with Gasteiger partial charge in [-0.15, -0.1) is 10.2 Å². The molecule has 18 heavy (non-hydrogen) atoms. The number of aromatic nitrogens is 3. The minimum Gasteiger partial charge on any atom is -0.312 e. The summed E-state index contributed by atoms with van der Waals surface area (Å²) in [6.07, 6.45) is 1.22. The Morgan fingerprint density at radius 1 is 1.11 bits per heavy atom. The third-order valence-corrected chi connectivity index (χ3v) is 4.00. The molecule has 1 aliphatic carbocycles. The van der Waals surface area contributed by atoms with Crippen LogP contribution in [0.3, 0.4) is 0 Å². The van der Waals surface area contributed by atoms with Crippen LogP contribution in [0.25, 0.3) is 0 Å². The molecule has 4 heteroatoms. The van der Waals surface area contributed by atoms with Gasteiger partial charge in [0, 0.05) is 19.0 Å². The molecule has 2 aromatic rings. The third kappa shape index (κ3) is 1.56. The standard InChI is InChI=1S/C14H16N4/c1-2-4-10(5-3-1)11-8-12(11)14-17-16-13-9-15-6-7-18(13)14/h1-5,11-12,15H,6-9H2. The number of fused-ring (bicyclic) bond motifs is 1. The zero-order chi connectivity index (χ0) is 11.9. The molecule has 2 atom stereocenters. The molecule has 0 bridgehead atoms. The van der Waals surface area contributed by atoms with Crippen molar-refractivity contribution in [3.05, 3.63) is 47.5 Å². The Labute approximate surface area is 106 Å². The van der Waals surface area contributed by atoms with Crippen molar-refractivity contribution >= 4 is 0 Å². The van der Waals surface area contributed by atoms with Gasteiger partial charge < -0.3 is 9.88 Å². The van der Waals surface area contributed by atoms with Crippen LogP contribution in [0.15, 0.2) is 30.3 Å². The van der Waals surface area contributed by atoms with Crippen molar-refractivity contribution in [3.63, 3.8) is 0 Å². The lowest BCUT2D eigenvalue weighted by atomic mass is 10.1. The van der Waals surface area contributed by atoms with Crippen LogP contribution in [0.2, 0.25) is 0 Å². The fourth-order valence-electron chi connectivity index (χ4n) is 2.94. The van der Waals surface area contributed by atoms with Crippen LogP contribution in [0, 0.1) is 0 Å². The Bertz CT molecular complexity index is 560. The topological polar surface area (TPSA) is 42.7 Å². The van der Waals surface area contributed by atoms with Gasteiger partial charge in [-0.05, 0) is 17.9 Å². The summed E-state index contributed by atoms with van der Waals surface area (Å²) in [6, 6.07) is 10.8. The van der Waals surface area contributed by atoms with E-state index in [9.17, 15) is 0 Å². The smallest absolute Gasteiger partial charge is 0.147 e. The quantitative estimate of drug-likeness (QED) is 0.868. The Morgan fingerprint density at radius 2 is 2.00 bits per heavy atom. The van der Waals surface area contributed by atoms with Gasteiger partial charge in [0.15, 0.2) is 0 Å². The number of nitrogens with one attached hydrogen (secondary N) is 1. The molecule has 1 aliphatic heterocycles. The molecule has 0 saturated heterocycles. The molecular weight excluding hydrogens is 224 g/mol. The molecule has 0 spiro atoms. The Hall–Kier alpha value is -1.68. The van der Waals surface area contributed by atoms with Crippen molar-refractivity contribution in [1.29, 1.82) is 0 Å². The minimum absolute atomic E-state index is 0.576. The van der Waals surface area contributed by atoms with E-state index in [-0.39, 0.29) is 0 Å². The second kappa shape index (κ2) is 3.92. The summed E-state index contributed by atoms with van der Waals surface area (Å²) >= 11 is 0. The average molecular weight is 240 g/mol. The largest absolute Gasteiger partial charge is 0.312 e. The first-order valence-electron chi connectivity index (χ1n) is 6.61. The van der Waals surface area contributed by atoms with Gasteiger partial charge in [-0.25, -0.2) is 0 Å². The van der Waals surface area contributed by atoms with Crippen molar-refractivity contribution < 1.29 is 0 Å². The van der Waals surface area contributed by atoms with E-state index in [2.05, 4.69) is 50.4 Å². The fraction of sp³-hybridized carbons (Fsp3) is 0.429. The van der Waals surface area contributed by atoms with E-state index in [0.717, 1.165) is 25.5 Å². The first-order chi connectivity index (χ1) is 8.93. The van der Waals surface area contributed by atoms with E-state index in [1.165, 1.54) is 17.8 Å². The average Bonchev–Trinajstić information content (AvgIpc) is 3.12. The highest BCUT2D eigenvalue weighted by Gasteiger charge is 2.43. The van der Waals surface area contributed by atoms with E-state index in [1.807, 2.05) is 0 Å². The van der Waals surface area contributed by atoms with Gasteiger partial charge in [0.25, 0.3) is 0 Å². The first-order valence-corrected chi connectivity index (χ1v) is 6.61. The van der Waals surface area contributed by atoms with Crippen molar-refractivity contribution in [2.75, 3.05) is 6.54 Å². The number of nitrogens with zero attached hydrogens (tertiary/aromatic N) is 3. The highest BCUT2D eigenvalue weighted by atomic mass is 15.3. The molecule has 0 radical (unpaired) electrons. The van der Waals surface area contributed by atoms with Crippen LogP contribution >= 0.6 is 0 Å². The van der Waals surface area contributed by atoms with Crippen molar-refractivity contribution in [2.45, 2.75) is 31.3 Å². The summed E-state index contributed by atoms with van der Waals surface area (Å²) < 4.78 is 2.31. The van der Waals surface area contributed by atoms with E-state index in [0.29, 0.717) is 11.8 Å². The van der Waals surface area contributed by atoms with Crippen LogP contribution in [0.5, 0.6) is 0 Å². The summed E-state index contributed by atoms with van der Waals surface area (Å²) in [7, 11) is 0. The molecule has 1 aromatic carbocycles. The predicted octanol–water partition coefficient (Wildman–Crippen LogP) is 1.65. The van der Waals surface area contributed by atoms with Gasteiger partial charge in [-0.2, -0.15) is 0 Å². The van der Waals surface area contributed by atoms with Crippen LogP contribution in [0.1, 0.15) is 35.5 Å². The molecule has 2 aliphatic rings. The zero-order valence-electron chi connectivity index (χ0n) is 10.2. The third-order valence-electron chi connectivity index (χ3n) is 4.00. The van der Waals surface area contributed by atoms with E-state index < -0.39 is 0 Å². The molecule has 1 fully saturated rings. The molecule has 4 nitrogen and oxygen atoms in total. The highest BCUT2D eigenvalue weighted by molar-refractivity contribution is 5.31. The molecule has 0 amide bonds. The zero-order valence-corrected chi connectivity index (χ0v) is 10.2. The minimum atomic E-state index is 0.576. The van der Waals surface area contributed by atoms with Crippen LogP contribution < -0.4 is 5.32 Å². The van der Waals surface area contributed by atoms with Crippen molar-refractivity contribution in [3.8, 4) is 0 Å². The second-order valence-electron chi connectivity index (χ2n) is 5.16. The van der Waals surface area contributed by atoms with E-state index >= 15 is 0 Å². The van der Waals surface area contributed by atoms with Crippen LogP contribution in [0.4, 0.5) is 0 Å². The van der Waals surface area contributed by atoms with Gasteiger partial charge in [0.2, 0.25) is 0 Å². The SMILES string of the molecule is c1ccc(C2CC2c2nnc3n2CCNC3)cc1. The molecular formula is C14H16N4. The predicted molar refractivity (Wildman–Crippen MR) is 68.3 cm³/mol. The molecule has 1 saturated carbocycles. The summed E-state index contributed by atoms with van der Waals surface area (Å²) in [5.74, 6) is 3.51. The Balaban J connectivity index is 1.61. The summed E-state index contributed by atoms with van der Waals surface area (Å²) in [5.41, 5.74) is 1.44. The number of benzene rings is 1. The lowest BCUT2D eigenvalue weighted by molar-refractivity contribution is 0.493. The second-order valence-corrected chi connectivity index (χ2v) is 5.16. The summed E-state index contributed by atoms with van der Waals surface area (Å²) in [5, 5.41) is 12.0. The summed E-state index contributed by atoms with van der Waals surface area (Å²) in [6.45, 7) is 2.90. The van der Waals surface area contributed by atoms with Gasteiger partial charge in [0.05, 0.1) is 6.54 Å². The van der Waals surface area contributed by atoms with Crippen LogP contribution in [-0.2, 0) is 13.1 Å². The molecule has 2 heterocycles. The van der Waals surface area contributed by atoms with Crippen LogP contribution in [-0.4, -0.2) is 21.3 Å². The van der Waals surface area contributed by atoms with Gasteiger partial charge in [-0.1, -0.05) is 30.3 Å². The monoisotopic (exact) mass is 240 g/mol. The Kier molecular flexibility index (Phi) is 2.23. The molecule has 92 valence electrons. The fourth-order valence-corrected chi connectivity index (χ4v) is 2.94. The molecule has 1 N–H and O–H groups in total. The molecule has 1 aromatic heterocycles. The van der Waals surface area contributed by atoms with Crippen molar-refractivity contribution in [1.82, 2.24) is 20.1 Å². The number of hydrogen-bond acceptors (Lipinski definition) is 3. The maximum absolute atomic E-state index is 4.41. The number of rotatable bonds is 2. The first kappa shape index (κ1) is 10.3.